The molecule has 2 aromatic carbocycles. The Morgan fingerprint density at radius 1 is 0.955 bits per heavy atom. The quantitative estimate of drug-likeness (QED) is 0.512. The summed E-state index contributed by atoms with van der Waals surface area (Å²) < 4.78 is 23.9. The van der Waals surface area contributed by atoms with Gasteiger partial charge in [-0.3, -0.25) is 0 Å². The second kappa shape index (κ2) is 6.52. The molecular weight excluding hydrogens is 347 g/mol. The van der Waals surface area contributed by atoms with Crippen LogP contribution in [0.3, 0.4) is 0 Å². The summed E-state index contributed by atoms with van der Waals surface area (Å²) in [6.45, 7) is 0. The lowest BCUT2D eigenvalue weighted by Gasteiger charge is -2.11. The molecule has 0 radical (unpaired) electrons. The molecule has 2 aromatic rings. The fraction of sp³-hybridized carbons (Fsp3) is 0. The van der Waals surface area contributed by atoms with Gasteiger partial charge < -0.3 is 5.11 Å². The van der Waals surface area contributed by atoms with Crippen molar-refractivity contribution in [2.24, 2.45) is 0 Å². The van der Waals surface area contributed by atoms with Crippen LogP contribution in [0.2, 0.25) is 5.02 Å². The zero-order chi connectivity index (χ0) is 16.3. The molecule has 0 spiro atoms. The zero-order valence-corrected chi connectivity index (χ0v) is 13.4. The molecule has 0 heterocycles. The van der Waals surface area contributed by atoms with Crippen LogP contribution < -0.4 is 0 Å². The van der Waals surface area contributed by atoms with Crippen LogP contribution in [0.4, 0.5) is 0 Å². The third-order valence-corrected chi connectivity index (χ3v) is 4.58. The summed E-state index contributed by atoms with van der Waals surface area (Å²) >= 11 is 6.01. The third-order valence-electron chi connectivity index (χ3n) is 2.86. The van der Waals surface area contributed by atoms with Crippen LogP contribution in [0.5, 0.6) is 0 Å². The number of benzene rings is 2. The molecule has 0 aliphatic carbocycles. The predicted molar refractivity (Wildman–Crippen MR) is 87.1 cm³/mol. The van der Waals surface area contributed by atoms with Gasteiger partial charge in [-0.1, -0.05) is 60.1 Å². The van der Waals surface area contributed by atoms with Crippen molar-refractivity contribution in [2.45, 2.75) is 0 Å². The van der Waals surface area contributed by atoms with Gasteiger partial charge in [-0.2, -0.15) is 0 Å². The van der Waals surface area contributed by atoms with Crippen molar-refractivity contribution in [1.82, 2.24) is 0 Å². The van der Waals surface area contributed by atoms with E-state index in [0.717, 1.165) is 0 Å². The first-order valence-electron chi connectivity index (χ1n) is 6.05. The zero-order valence-electron chi connectivity index (χ0n) is 11.0. The summed E-state index contributed by atoms with van der Waals surface area (Å²) in [6.07, 6.45) is 0. The summed E-state index contributed by atoms with van der Waals surface area (Å²) in [5.74, 6) is -1.43. The second-order valence-corrected chi connectivity index (χ2v) is 7.20. The Morgan fingerprint density at radius 3 is 2.00 bits per heavy atom. The number of carbonyl (C=O) groups is 1. The lowest BCUT2D eigenvalue weighted by Crippen LogP contribution is -2.08. The molecule has 7 heteroatoms. The lowest BCUT2D eigenvalue weighted by molar-refractivity contribution is -0.130. The summed E-state index contributed by atoms with van der Waals surface area (Å²) in [4.78, 5) is 11.2. The molecule has 4 nitrogen and oxygen atoms in total. The first kappa shape index (κ1) is 16.5. The van der Waals surface area contributed by atoms with Gasteiger partial charge in [0.1, 0.15) is 4.91 Å². The highest BCUT2D eigenvalue weighted by atomic mass is 35.7. The largest absolute Gasteiger partial charge is 0.478 e. The van der Waals surface area contributed by atoms with Crippen LogP contribution in [0.25, 0.3) is 10.5 Å². The Kier molecular flexibility index (Phi) is 4.90. The Balaban J connectivity index is 2.92. The van der Waals surface area contributed by atoms with Gasteiger partial charge in [-0.05, 0) is 11.6 Å². The third kappa shape index (κ3) is 3.50. The van der Waals surface area contributed by atoms with E-state index in [2.05, 4.69) is 0 Å². The van der Waals surface area contributed by atoms with Crippen molar-refractivity contribution in [1.29, 1.82) is 0 Å². The van der Waals surface area contributed by atoms with E-state index in [1.807, 2.05) is 0 Å². The predicted octanol–water partition coefficient (Wildman–Crippen LogP) is 3.86. The fourth-order valence-electron chi connectivity index (χ4n) is 2.00. The van der Waals surface area contributed by atoms with E-state index in [4.69, 9.17) is 22.3 Å². The average molecular weight is 357 g/mol. The van der Waals surface area contributed by atoms with E-state index in [9.17, 15) is 18.3 Å². The lowest BCUT2D eigenvalue weighted by atomic mass is 10.0. The number of hydrogen-bond acceptors (Lipinski definition) is 3. The minimum absolute atomic E-state index is 0.0831. The number of aliphatic carboxylic acids is 1. The van der Waals surface area contributed by atoms with Gasteiger partial charge in [0.05, 0.1) is 5.57 Å². The Bertz CT molecular complexity index is 843. The van der Waals surface area contributed by atoms with Gasteiger partial charge in [0.2, 0.25) is 0 Å². The maximum Gasteiger partial charge on any atom is 0.337 e. The highest BCUT2D eigenvalue weighted by Gasteiger charge is 2.28. The molecule has 0 aliphatic heterocycles. The van der Waals surface area contributed by atoms with E-state index < -0.39 is 25.5 Å². The second-order valence-electron chi connectivity index (χ2n) is 4.29. The standard InChI is InChI=1S/C15H10Cl2O4S/c16-12-9-5-4-8-11(12)13(15(18)19)14(22(17,20)21)10-6-2-1-3-7-10/h1-9H,(H,18,19). The summed E-state index contributed by atoms with van der Waals surface area (Å²) in [5, 5.41) is 9.63. The molecule has 22 heavy (non-hydrogen) atoms. The van der Waals surface area contributed by atoms with E-state index >= 15 is 0 Å². The summed E-state index contributed by atoms with van der Waals surface area (Å²) in [6, 6.07) is 13.9. The SMILES string of the molecule is O=C(O)C(=C(c1ccccc1)S(=O)(=O)Cl)c1ccccc1Cl. The Labute approximate surface area is 137 Å². The molecule has 0 unspecified atom stereocenters. The number of carboxylic acids is 1. The van der Waals surface area contributed by atoms with Gasteiger partial charge in [-0.25, -0.2) is 13.2 Å². The average Bonchev–Trinajstić information content (AvgIpc) is 2.45. The maximum atomic E-state index is 12.0. The monoisotopic (exact) mass is 356 g/mol. The molecule has 0 bridgehead atoms. The van der Waals surface area contributed by atoms with Gasteiger partial charge in [0.25, 0.3) is 9.05 Å². The normalized spacial score (nSPS) is 12.6. The molecule has 0 saturated heterocycles. The number of hydrogen-bond donors (Lipinski definition) is 1. The van der Waals surface area contributed by atoms with E-state index in [1.54, 1.807) is 30.3 Å². The van der Waals surface area contributed by atoms with Crippen molar-refractivity contribution < 1.29 is 18.3 Å². The van der Waals surface area contributed by atoms with E-state index in [-0.39, 0.29) is 16.1 Å². The highest BCUT2D eigenvalue weighted by molar-refractivity contribution is 8.21. The van der Waals surface area contributed by atoms with Crippen LogP contribution in [0.1, 0.15) is 11.1 Å². The minimum Gasteiger partial charge on any atom is -0.478 e. The van der Waals surface area contributed by atoms with Crippen molar-refractivity contribution in [3.05, 3.63) is 70.7 Å². The van der Waals surface area contributed by atoms with Crippen LogP contribution in [-0.2, 0) is 13.8 Å². The smallest absolute Gasteiger partial charge is 0.337 e. The van der Waals surface area contributed by atoms with Gasteiger partial charge in [0.15, 0.2) is 0 Å². The van der Waals surface area contributed by atoms with Crippen molar-refractivity contribution >= 4 is 47.8 Å². The van der Waals surface area contributed by atoms with Gasteiger partial charge in [-0.15, -0.1) is 0 Å². The number of carboxylic acid groups (broad SMARTS) is 1. The molecule has 0 saturated carbocycles. The maximum absolute atomic E-state index is 12.0. The number of rotatable bonds is 4. The fourth-order valence-corrected chi connectivity index (χ4v) is 3.58. The molecule has 0 amide bonds. The molecule has 0 aromatic heterocycles. The molecular formula is C15H10Cl2O4S. The van der Waals surface area contributed by atoms with Crippen LogP contribution in [0, 0.1) is 0 Å². The van der Waals surface area contributed by atoms with Crippen molar-refractivity contribution in [3.63, 3.8) is 0 Å². The first-order valence-corrected chi connectivity index (χ1v) is 8.73. The molecule has 0 atom stereocenters. The summed E-state index contributed by atoms with van der Waals surface area (Å²) in [5.41, 5.74) is -0.207. The first-order chi connectivity index (χ1) is 10.3. The Morgan fingerprint density at radius 2 is 1.50 bits per heavy atom. The molecule has 0 aliphatic rings. The molecule has 1 N–H and O–H groups in total. The van der Waals surface area contributed by atoms with E-state index in [0.29, 0.717) is 0 Å². The summed E-state index contributed by atoms with van der Waals surface area (Å²) in [7, 11) is 1.17. The molecule has 114 valence electrons. The van der Waals surface area contributed by atoms with E-state index in [1.165, 1.54) is 24.3 Å². The topological polar surface area (TPSA) is 71.4 Å². The number of halogens is 2. The van der Waals surface area contributed by atoms with Crippen LogP contribution in [0.15, 0.2) is 54.6 Å². The van der Waals surface area contributed by atoms with Crippen LogP contribution >= 0.6 is 22.3 Å². The molecule has 0 fully saturated rings. The van der Waals surface area contributed by atoms with Gasteiger partial charge >= 0.3 is 5.97 Å². The van der Waals surface area contributed by atoms with Crippen molar-refractivity contribution in [2.75, 3.05) is 0 Å². The highest BCUT2D eigenvalue weighted by Crippen LogP contribution is 2.35. The molecule has 2 rings (SSSR count). The van der Waals surface area contributed by atoms with Crippen LogP contribution in [-0.4, -0.2) is 19.5 Å². The van der Waals surface area contributed by atoms with Crippen molar-refractivity contribution in [3.8, 4) is 0 Å². The Hall–Kier alpha value is -1.82. The van der Waals surface area contributed by atoms with Gasteiger partial charge in [0, 0.05) is 21.3 Å². The minimum atomic E-state index is -4.31.